The highest BCUT2D eigenvalue weighted by molar-refractivity contribution is 7.09. The van der Waals surface area contributed by atoms with Crippen LogP contribution in [0.4, 0.5) is 15.8 Å². The molecule has 39 heavy (non-hydrogen) atoms. The lowest BCUT2D eigenvalue weighted by Crippen LogP contribution is -2.44. The van der Waals surface area contributed by atoms with Crippen LogP contribution in [0.5, 0.6) is 5.75 Å². The van der Waals surface area contributed by atoms with E-state index in [2.05, 4.69) is 9.69 Å². The zero-order valence-electron chi connectivity index (χ0n) is 21.0. The van der Waals surface area contributed by atoms with Crippen LogP contribution in [0.3, 0.4) is 0 Å². The number of nitrogens with two attached hydrogens (primary N) is 2. The summed E-state index contributed by atoms with van der Waals surface area (Å²) >= 11 is 0.700. The van der Waals surface area contributed by atoms with Crippen molar-refractivity contribution in [3.8, 4) is 5.75 Å². The van der Waals surface area contributed by atoms with Crippen molar-refractivity contribution < 1.29 is 23.5 Å². The molecular formula is C28H26FN5O4S. The Hall–Kier alpha value is -4.77. The highest BCUT2D eigenvalue weighted by Crippen LogP contribution is 2.34. The first-order valence-corrected chi connectivity index (χ1v) is 12.8. The third-order valence-corrected chi connectivity index (χ3v) is 6.65. The third kappa shape index (κ3) is 6.21. The van der Waals surface area contributed by atoms with E-state index in [9.17, 15) is 18.8 Å². The van der Waals surface area contributed by atoms with Gasteiger partial charge in [0.2, 0.25) is 5.91 Å². The van der Waals surface area contributed by atoms with Gasteiger partial charge in [-0.15, -0.1) is 0 Å². The van der Waals surface area contributed by atoms with Gasteiger partial charge >= 0.3 is 0 Å². The summed E-state index contributed by atoms with van der Waals surface area (Å²) in [6, 6.07) is 19.9. The Morgan fingerprint density at radius 2 is 1.69 bits per heavy atom. The quantitative estimate of drug-likeness (QED) is 0.273. The van der Waals surface area contributed by atoms with Crippen LogP contribution in [0.25, 0.3) is 0 Å². The number of anilines is 2. The Kier molecular flexibility index (Phi) is 8.52. The van der Waals surface area contributed by atoms with Gasteiger partial charge in [0.1, 0.15) is 22.5 Å². The molecule has 0 aliphatic heterocycles. The summed E-state index contributed by atoms with van der Waals surface area (Å²) in [6.07, 6.45) is 0. The van der Waals surface area contributed by atoms with Gasteiger partial charge in [-0.1, -0.05) is 42.5 Å². The van der Waals surface area contributed by atoms with Crippen molar-refractivity contribution in [3.05, 3.63) is 106 Å². The van der Waals surface area contributed by atoms with Crippen LogP contribution in [0.2, 0.25) is 0 Å². The van der Waals surface area contributed by atoms with E-state index >= 15 is 0 Å². The van der Waals surface area contributed by atoms with Gasteiger partial charge in [0.25, 0.3) is 11.8 Å². The van der Waals surface area contributed by atoms with Crippen molar-refractivity contribution in [2.24, 2.45) is 5.73 Å². The number of nitrogens with one attached hydrogen (secondary N) is 1. The van der Waals surface area contributed by atoms with Crippen molar-refractivity contribution in [2.75, 3.05) is 17.2 Å². The van der Waals surface area contributed by atoms with Crippen LogP contribution < -0.4 is 26.4 Å². The summed E-state index contributed by atoms with van der Waals surface area (Å²) in [5.74, 6) is -2.03. The number of hydrogen-bond donors (Lipinski definition) is 3. The molecule has 4 rings (SSSR count). The van der Waals surface area contributed by atoms with E-state index in [4.69, 9.17) is 16.2 Å². The van der Waals surface area contributed by atoms with Crippen LogP contribution in [0.1, 0.15) is 44.3 Å². The minimum absolute atomic E-state index is 0.0688. The largest absolute Gasteiger partial charge is 0.494 e. The molecule has 0 fully saturated rings. The van der Waals surface area contributed by atoms with Gasteiger partial charge in [-0.25, -0.2) is 4.39 Å². The van der Waals surface area contributed by atoms with Crippen LogP contribution in [-0.2, 0) is 11.3 Å². The molecule has 1 heterocycles. The minimum atomic E-state index is -1.24. The third-order valence-electron chi connectivity index (χ3n) is 5.80. The Morgan fingerprint density at radius 1 is 1.03 bits per heavy atom. The van der Waals surface area contributed by atoms with E-state index in [0.717, 1.165) is 5.56 Å². The van der Waals surface area contributed by atoms with Gasteiger partial charge in [0, 0.05) is 12.2 Å². The number of hydrogen-bond acceptors (Lipinski definition) is 7. The number of carbonyl (C=O) groups excluding carboxylic acids is 3. The molecule has 3 aromatic carbocycles. The second-order valence-corrected chi connectivity index (χ2v) is 9.17. The van der Waals surface area contributed by atoms with Gasteiger partial charge in [0.05, 0.1) is 12.3 Å². The lowest BCUT2D eigenvalue weighted by Gasteiger charge is -2.31. The minimum Gasteiger partial charge on any atom is -0.494 e. The van der Waals surface area contributed by atoms with Crippen LogP contribution in [-0.4, -0.2) is 28.7 Å². The molecule has 0 unspecified atom stereocenters. The zero-order chi connectivity index (χ0) is 27.9. The average molecular weight is 548 g/mol. The number of benzene rings is 3. The van der Waals surface area contributed by atoms with E-state index in [1.165, 1.54) is 29.2 Å². The molecule has 0 spiro atoms. The molecule has 9 nitrogen and oxygen atoms in total. The van der Waals surface area contributed by atoms with E-state index in [-0.39, 0.29) is 22.8 Å². The average Bonchev–Trinajstić information content (AvgIpc) is 3.33. The fourth-order valence-electron chi connectivity index (χ4n) is 3.94. The predicted molar refractivity (Wildman–Crippen MR) is 147 cm³/mol. The zero-order valence-corrected chi connectivity index (χ0v) is 21.8. The van der Waals surface area contributed by atoms with Gasteiger partial charge in [-0.2, -0.15) is 4.37 Å². The molecule has 0 bridgehead atoms. The van der Waals surface area contributed by atoms with Gasteiger partial charge in [-0.3, -0.25) is 19.3 Å². The summed E-state index contributed by atoms with van der Waals surface area (Å²) in [4.78, 5) is 40.8. The van der Waals surface area contributed by atoms with Crippen molar-refractivity contribution in [3.63, 3.8) is 0 Å². The van der Waals surface area contributed by atoms with Crippen molar-refractivity contribution in [1.29, 1.82) is 0 Å². The molecule has 200 valence electrons. The summed E-state index contributed by atoms with van der Waals surface area (Å²) in [7, 11) is 0. The van der Waals surface area contributed by atoms with Crippen molar-refractivity contribution >= 4 is 40.6 Å². The maximum absolute atomic E-state index is 14.1. The second-order valence-electron chi connectivity index (χ2n) is 8.40. The highest BCUT2D eigenvalue weighted by atomic mass is 32.1. The number of primary amides is 1. The van der Waals surface area contributed by atoms with Crippen LogP contribution in [0.15, 0.2) is 78.9 Å². The molecule has 0 radical (unpaired) electrons. The molecule has 11 heteroatoms. The summed E-state index contributed by atoms with van der Waals surface area (Å²) < 4.78 is 23.3. The Bertz CT molecular complexity index is 1460. The fraction of sp³-hybridized carbons (Fsp3) is 0.143. The molecule has 3 amide bonds. The molecule has 0 saturated carbocycles. The van der Waals surface area contributed by atoms with E-state index in [1.807, 2.05) is 37.3 Å². The van der Waals surface area contributed by atoms with E-state index < -0.39 is 29.6 Å². The standard InChI is InChI=1S/C28H26FN5O4S/c1-2-38-21-14-12-20(13-15-21)34(28(37)25-22(30)23(26(31)35)33-39-25)24(18-8-10-19(29)11-9-18)27(36)32-16-17-6-4-3-5-7-17/h3-15,24H,2,16,30H2,1H3,(H2,31,35)(H,32,36)/t24-/m1/s1. The lowest BCUT2D eigenvalue weighted by atomic mass is 10.0. The maximum Gasteiger partial charge on any atom is 0.273 e. The first-order valence-electron chi connectivity index (χ1n) is 12.0. The second kappa shape index (κ2) is 12.2. The van der Waals surface area contributed by atoms with Crippen LogP contribution in [0, 0.1) is 5.82 Å². The van der Waals surface area contributed by atoms with Crippen LogP contribution >= 0.6 is 11.5 Å². The topological polar surface area (TPSA) is 141 Å². The molecule has 0 aliphatic rings. The number of rotatable bonds is 10. The monoisotopic (exact) mass is 547 g/mol. The lowest BCUT2D eigenvalue weighted by molar-refractivity contribution is -0.122. The van der Waals surface area contributed by atoms with E-state index in [1.54, 1.807) is 24.3 Å². The molecule has 0 aliphatic carbocycles. The van der Waals surface area contributed by atoms with Crippen molar-refractivity contribution in [1.82, 2.24) is 9.69 Å². The Balaban J connectivity index is 1.82. The van der Waals surface area contributed by atoms with E-state index in [0.29, 0.717) is 35.1 Å². The number of amides is 3. The number of halogens is 1. The number of aromatic nitrogens is 1. The molecule has 1 atom stereocenters. The normalized spacial score (nSPS) is 11.4. The number of carbonyl (C=O) groups is 3. The van der Waals surface area contributed by atoms with Gasteiger partial charge in [-0.05, 0) is 66.0 Å². The molecule has 4 aromatic rings. The summed E-state index contributed by atoms with van der Waals surface area (Å²) in [6.45, 7) is 2.47. The SMILES string of the molecule is CCOc1ccc(N(C(=O)c2snc(C(N)=O)c2N)[C@@H](C(=O)NCc2ccccc2)c2ccc(F)cc2)cc1. The number of ether oxygens (including phenoxy) is 1. The maximum atomic E-state index is 14.1. The molecule has 1 aromatic heterocycles. The molecule has 0 saturated heterocycles. The van der Waals surface area contributed by atoms with Gasteiger partial charge < -0.3 is 21.5 Å². The summed E-state index contributed by atoms with van der Waals surface area (Å²) in [5.41, 5.74) is 12.6. The fourth-order valence-corrected chi connectivity index (χ4v) is 4.68. The highest BCUT2D eigenvalue weighted by Gasteiger charge is 2.36. The Morgan fingerprint density at radius 3 is 2.28 bits per heavy atom. The predicted octanol–water partition coefficient (Wildman–Crippen LogP) is 4.07. The van der Waals surface area contributed by atoms with Crippen molar-refractivity contribution in [2.45, 2.75) is 19.5 Å². The smallest absolute Gasteiger partial charge is 0.273 e. The molecule has 5 N–H and O–H groups in total. The van der Waals surface area contributed by atoms with Gasteiger partial charge in [0.15, 0.2) is 5.69 Å². The molecular weight excluding hydrogens is 521 g/mol. The number of nitrogens with zero attached hydrogens (tertiary/aromatic N) is 2. The summed E-state index contributed by atoms with van der Waals surface area (Å²) in [5, 5.41) is 2.87. The first kappa shape index (κ1) is 27.3. The number of nitrogen functional groups attached to an aromatic ring is 1. The first-order chi connectivity index (χ1) is 18.8. The Labute approximate surface area is 228 Å².